The summed E-state index contributed by atoms with van der Waals surface area (Å²) in [5.74, 6) is -0.889. The van der Waals surface area contributed by atoms with Gasteiger partial charge in [-0.1, -0.05) is 17.3 Å². The number of carboxylic acid groups (broad SMARTS) is 1. The third-order valence-electron chi connectivity index (χ3n) is 2.42. The number of aromatic nitrogens is 3. The first-order valence-corrected chi connectivity index (χ1v) is 5.01. The van der Waals surface area contributed by atoms with Crippen molar-refractivity contribution in [3.63, 3.8) is 0 Å². The van der Waals surface area contributed by atoms with Crippen LogP contribution in [0.5, 0.6) is 5.75 Å². The quantitative estimate of drug-likeness (QED) is 0.822. The number of aromatic hydroxyl groups is 1. The van der Waals surface area contributed by atoms with E-state index in [0.717, 1.165) is 0 Å². The summed E-state index contributed by atoms with van der Waals surface area (Å²) in [6.45, 7) is 1.71. The van der Waals surface area contributed by atoms with Crippen molar-refractivity contribution < 1.29 is 15.0 Å². The average molecular weight is 233 g/mol. The summed E-state index contributed by atoms with van der Waals surface area (Å²) in [5, 5.41) is 26.0. The minimum Gasteiger partial charge on any atom is -0.506 e. The highest BCUT2D eigenvalue weighted by molar-refractivity contribution is 5.69. The fourth-order valence-electron chi connectivity index (χ4n) is 1.54. The minimum atomic E-state index is -0.961. The van der Waals surface area contributed by atoms with E-state index in [-0.39, 0.29) is 12.2 Å². The first kappa shape index (κ1) is 11.1. The Kier molecular flexibility index (Phi) is 2.78. The van der Waals surface area contributed by atoms with Crippen molar-refractivity contribution >= 4 is 5.97 Å². The highest BCUT2D eigenvalue weighted by Crippen LogP contribution is 2.21. The Labute approximate surface area is 97.1 Å². The van der Waals surface area contributed by atoms with E-state index in [1.54, 1.807) is 25.1 Å². The third kappa shape index (κ3) is 2.10. The number of hydrogen-bond donors (Lipinski definition) is 2. The first-order valence-electron chi connectivity index (χ1n) is 5.01. The molecule has 2 aromatic rings. The van der Waals surface area contributed by atoms with Gasteiger partial charge in [0.05, 0.1) is 17.8 Å². The van der Waals surface area contributed by atoms with Gasteiger partial charge in [-0.15, -0.1) is 5.10 Å². The van der Waals surface area contributed by atoms with Gasteiger partial charge in [0.15, 0.2) is 0 Å². The van der Waals surface area contributed by atoms with Gasteiger partial charge in [0.25, 0.3) is 0 Å². The molecular weight excluding hydrogens is 222 g/mol. The van der Waals surface area contributed by atoms with Gasteiger partial charge in [-0.25, -0.2) is 4.68 Å². The zero-order valence-electron chi connectivity index (χ0n) is 9.16. The molecule has 0 saturated carbocycles. The molecule has 6 nitrogen and oxygen atoms in total. The number of phenols is 1. The van der Waals surface area contributed by atoms with Gasteiger partial charge >= 0.3 is 5.97 Å². The van der Waals surface area contributed by atoms with E-state index in [1.807, 2.05) is 0 Å². The maximum absolute atomic E-state index is 10.6. The van der Waals surface area contributed by atoms with Crippen molar-refractivity contribution in [3.8, 4) is 11.4 Å². The summed E-state index contributed by atoms with van der Waals surface area (Å²) in [4.78, 5) is 10.6. The number of para-hydroxylation sites is 2. The molecule has 0 atom stereocenters. The number of benzene rings is 1. The molecule has 6 heteroatoms. The van der Waals surface area contributed by atoms with Crippen LogP contribution >= 0.6 is 0 Å². The molecule has 17 heavy (non-hydrogen) atoms. The Balaban J connectivity index is 2.44. The van der Waals surface area contributed by atoms with Crippen molar-refractivity contribution in [2.75, 3.05) is 0 Å². The molecule has 2 rings (SSSR count). The molecule has 0 bridgehead atoms. The fraction of sp³-hybridized carbons (Fsp3) is 0.182. The number of carboxylic acids is 1. The lowest BCUT2D eigenvalue weighted by Crippen LogP contribution is -2.03. The number of rotatable bonds is 3. The lowest BCUT2D eigenvalue weighted by atomic mass is 10.2. The van der Waals surface area contributed by atoms with Crippen molar-refractivity contribution in [1.82, 2.24) is 15.0 Å². The smallest absolute Gasteiger partial charge is 0.309 e. The summed E-state index contributed by atoms with van der Waals surface area (Å²) in [7, 11) is 0. The number of carbonyl (C=O) groups is 1. The topological polar surface area (TPSA) is 88.2 Å². The van der Waals surface area contributed by atoms with Crippen LogP contribution in [0.2, 0.25) is 0 Å². The van der Waals surface area contributed by atoms with Gasteiger partial charge in [-0.2, -0.15) is 0 Å². The predicted molar refractivity (Wildman–Crippen MR) is 59.1 cm³/mol. The van der Waals surface area contributed by atoms with E-state index >= 15 is 0 Å². The SMILES string of the molecule is Cc1c(CC(=O)O)nnn1-c1ccccc1O. The Morgan fingerprint density at radius 3 is 2.76 bits per heavy atom. The Bertz CT molecular complexity index is 563. The maximum Gasteiger partial charge on any atom is 0.309 e. The second-order valence-corrected chi connectivity index (χ2v) is 3.59. The first-order chi connectivity index (χ1) is 8.09. The van der Waals surface area contributed by atoms with Crippen LogP contribution in [0.3, 0.4) is 0 Å². The second kappa shape index (κ2) is 4.25. The van der Waals surface area contributed by atoms with Gasteiger partial charge in [0.2, 0.25) is 0 Å². The zero-order valence-corrected chi connectivity index (χ0v) is 9.16. The molecule has 0 unspecified atom stereocenters. The van der Waals surface area contributed by atoms with Gasteiger partial charge in [0.1, 0.15) is 11.4 Å². The number of hydrogen-bond acceptors (Lipinski definition) is 4. The van der Waals surface area contributed by atoms with Gasteiger partial charge in [-0.05, 0) is 19.1 Å². The van der Waals surface area contributed by atoms with Crippen molar-refractivity contribution in [2.24, 2.45) is 0 Å². The van der Waals surface area contributed by atoms with Gasteiger partial charge in [0, 0.05) is 0 Å². The van der Waals surface area contributed by atoms with Crippen molar-refractivity contribution in [1.29, 1.82) is 0 Å². The highest BCUT2D eigenvalue weighted by Gasteiger charge is 2.14. The molecule has 1 aromatic heterocycles. The molecule has 0 aliphatic heterocycles. The lowest BCUT2D eigenvalue weighted by molar-refractivity contribution is -0.136. The Morgan fingerprint density at radius 2 is 2.12 bits per heavy atom. The van der Waals surface area contributed by atoms with Crippen LogP contribution in [-0.2, 0) is 11.2 Å². The van der Waals surface area contributed by atoms with E-state index in [0.29, 0.717) is 17.1 Å². The summed E-state index contributed by atoms with van der Waals surface area (Å²) in [5.41, 5.74) is 1.48. The van der Waals surface area contributed by atoms with Gasteiger partial charge in [-0.3, -0.25) is 4.79 Å². The molecule has 1 aromatic carbocycles. The van der Waals surface area contributed by atoms with E-state index in [9.17, 15) is 9.90 Å². The fourth-order valence-corrected chi connectivity index (χ4v) is 1.54. The lowest BCUT2D eigenvalue weighted by Gasteiger charge is -2.05. The summed E-state index contributed by atoms with van der Waals surface area (Å²) in [6.07, 6.45) is -0.181. The monoisotopic (exact) mass is 233 g/mol. The third-order valence-corrected chi connectivity index (χ3v) is 2.42. The average Bonchev–Trinajstić information content (AvgIpc) is 2.61. The number of aliphatic carboxylic acids is 1. The Morgan fingerprint density at radius 1 is 1.41 bits per heavy atom. The molecule has 0 saturated heterocycles. The normalized spacial score (nSPS) is 10.4. The zero-order chi connectivity index (χ0) is 12.4. The molecular formula is C11H11N3O3. The number of nitrogens with zero attached hydrogens (tertiary/aromatic N) is 3. The van der Waals surface area contributed by atoms with E-state index in [4.69, 9.17) is 5.11 Å². The van der Waals surface area contributed by atoms with Crippen LogP contribution in [0, 0.1) is 6.92 Å². The molecule has 1 heterocycles. The molecule has 0 radical (unpaired) electrons. The van der Waals surface area contributed by atoms with Crippen LogP contribution < -0.4 is 0 Å². The molecule has 0 aliphatic carbocycles. The highest BCUT2D eigenvalue weighted by atomic mass is 16.4. The summed E-state index contributed by atoms with van der Waals surface area (Å²) < 4.78 is 1.42. The van der Waals surface area contributed by atoms with Crippen molar-refractivity contribution in [3.05, 3.63) is 35.7 Å². The molecule has 0 spiro atoms. The largest absolute Gasteiger partial charge is 0.506 e. The molecule has 2 N–H and O–H groups in total. The van der Waals surface area contributed by atoms with Crippen LogP contribution in [0.25, 0.3) is 5.69 Å². The second-order valence-electron chi connectivity index (χ2n) is 3.59. The summed E-state index contributed by atoms with van der Waals surface area (Å²) >= 11 is 0. The van der Waals surface area contributed by atoms with Crippen LogP contribution in [-0.4, -0.2) is 31.2 Å². The van der Waals surface area contributed by atoms with Gasteiger partial charge < -0.3 is 10.2 Å². The standard InChI is InChI=1S/C11H11N3O3/c1-7-8(6-11(16)17)12-13-14(7)9-4-2-3-5-10(9)15/h2-5,15H,6H2,1H3,(H,16,17). The number of phenolic OH excluding ortho intramolecular Hbond substituents is 1. The van der Waals surface area contributed by atoms with Crippen molar-refractivity contribution in [2.45, 2.75) is 13.3 Å². The molecule has 88 valence electrons. The van der Waals surface area contributed by atoms with Crippen LogP contribution in [0.4, 0.5) is 0 Å². The van der Waals surface area contributed by atoms with E-state index in [1.165, 1.54) is 10.7 Å². The van der Waals surface area contributed by atoms with E-state index < -0.39 is 5.97 Å². The molecule has 0 amide bonds. The van der Waals surface area contributed by atoms with E-state index in [2.05, 4.69) is 10.3 Å². The molecule has 0 aliphatic rings. The van der Waals surface area contributed by atoms with Crippen LogP contribution in [0.15, 0.2) is 24.3 Å². The summed E-state index contributed by atoms with van der Waals surface area (Å²) in [6, 6.07) is 6.67. The predicted octanol–water partition coefficient (Wildman–Crippen LogP) is 0.908. The Hall–Kier alpha value is -2.37. The minimum absolute atomic E-state index is 0.0716. The maximum atomic E-state index is 10.6. The molecule has 0 fully saturated rings. The van der Waals surface area contributed by atoms with Crippen LogP contribution in [0.1, 0.15) is 11.4 Å².